The summed E-state index contributed by atoms with van der Waals surface area (Å²) < 4.78 is 32.1. The van der Waals surface area contributed by atoms with Gasteiger partial charge in [-0.05, 0) is 30.3 Å². The minimum atomic E-state index is -3.63. The molecule has 0 amide bonds. The maximum atomic E-state index is 12.2. The van der Waals surface area contributed by atoms with Crippen molar-refractivity contribution in [2.45, 2.75) is 10.8 Å². The Hall–Kier alpha value is -1.28. The Labute approximate surface area is 126 Å². The molecule has 8 heteroatoms. The second kappa shape index (κ2) is 6.01. The third-order valence-corrected chi connectivity index (χ3v) is 5.78. The van der Waals surface area contributed by atoms with Crippen LogP contribution in [-0.4, -0.2) is 15.5 Å². The largest absolute Gasteiger partial charge is 0.495 e. The Balaban J connectivity index is 2.26. The van der Waals surface area contributed by atoms with Gasteiger partial charge in [-0.3, -0.25) is 4.72 Å². The van der Waals surface area contributed by atoms with E-state index in [1.807, 2.05) is 0 Å². The van der Waals surface area contributed by atoms with Crippen LogP contribution in [0.15, 0.2) is 34.5 Å². The fraction of sp³-hybridized carbons (Fsp3) is 0.167. The van der Waals surface area contributed by atoms with E-state index in [0.29, 0.717) is 23.0 Å². The van der Waals surface area contributed by atoms with E-state index in [4.69, 9.17) is 22.1 Å². The molecule has 1 heterocycles. The monoisotopic (exact) mass is 332 g/mol. The highest BCUT2D eigenvalue weighted by Crippen LogP contribution is 2.29. The molecule has 1 aromatic heterocycles. The maximum Gasteiger partial charge on any atom is 0.271 e. The van der Waals surface area contributed by atoms with Crippen molar-refractivity contribution in [1.82, 2.24) is 0 Å². The average molecular weight is 333 g/mol. The van der Waals surface area contributed by atoms with Gasteiger partial charge in [0.2, 0.25) is 0 Å². The van der Waals surface area contributed by atoms with Crippen LogP contribution in [0.25, 0.3) is 0 Å². The first-order valence-corrected chi connectivity index (χ1v) is 8.29. The summed E-state index contributed by atoms with van der Waals surface area (Å²) in [4.78, 5) is 0.804. The lowest BCUT2D eigenvalue weighted by molar-refractivity contribution is 0.415. The molecule has 0 aliphatic rings. The van der Waals surface area contributed by atoms with E-state index < -0.39 is 10.0 Å². The minimum Gasteiger partial charge on any atom is -0.495 e. The molecule has 0 atom stereocenters. The molecule has 0 saturated heterocycles. The van der Waals surface area contributed by atoms with E-state index in [9.17, 15) is 8.42 Å². The highest BCUT2D eigenvalue weighted by Gasteiger charge is 2.17. The fourth-order valence-corrected chi connectivity index (χ4v) is 4.09. The summed E-state index contributed by atoms with van der Waals surface area (Å²) in [6.45, 7) is 0.314. The number of halogens is 1. The van der Waals surface area contributed by atoms with Gasteiger partial charge in [-0.15, -0.1) is 11.3 Å². The van der Waals surface area contributed by atoms with Crippen LogP contribution in [-0.2, 0) is 16.6 Å². The Morgan fingerprint density at radius 1 is 1.35 bits per heavy atom. The van der Waals surface area contributed by atoms with E-state index >= 15 is 0 Å². The first kappa shape index (κ1) is 15.1. The van der Waals surface area contributed by atoms with Crippen molar-refractivity contribution >= 4 is 38.6 Å². The topological polar surface area (TPSA) is 81.4 Å². The minimum absolute atomic E-state index is 0.213. The highest BCUT2D eigenvalue weighted by atomic mass is 35.5. The van der Waals surface area contributed by atoms with Crippen LogP contribution in [0, 0.1) is 0 Å². The SMILES string of the molecule is COc1ccc(NS(=O)(=O)c2ccc(CN)s2)cc1Cl. The molecule has 0 fully saturated rings. The molecule has 3 N–H and O–H groups in total. The number of methoxy groups -OCH3 is 1. The third-order valence-electron chi connectivity index (χ3n) is 2.51. The van der Waals surface area contributed by atoms with Crippen molar-refractivity contribution in [2.24, 2.45) is 5.73 Å². The number of nitrogens with one attached hydrogen (secondary N) is 1. The summed E-state index contributed by atoms with van der Waals surface area (Å²) in [5, 5.41) is 0.335. The van der Waals surface area contributed by atoms with Gasteiger partial charge in [-0.2, -0.15) is 0 Å². The van der Waals surface area contributed by atoms with Gasteiger partial charge < -0.3 is 10.5 Å². The molecular formula is C12H13ClN2O3S2. The molecule has 1 aromatic carbocycles. The molecule has 108 valence electrons. The van der Waals surface area contributed by atoms with Crippen molar-refractivity contribution < 1.29 is 13.2 Å². The Morgan fingerprint density at radius 2 is 2.10 bits per heavy atom. The number of hydrogen-bond donors (Lipinski definition) is 2. The number of hydrogen-bond acceptors (Lipinski definition) is 5. The number of benzene rings is 1. The Kier molecular flexibility index (Phi) is 4.54. The van der Waals surface area contributed by atoms with Crippen LogP contribution in [0.1, 0.15) is 4.88 Å². The van der Waals surface area contributed by atoms with Gasteiger partial charge in [-0.1, -0.05) is 11.6 Å². The summed E-state index contributed by atoms with van der Waals surface area (Å²) in [6, 6.07) is 7.90. The number of anilines is 1. The maximum absolute atomic E-state index is 12.2. The van der Waals surface area contributed by atoms with Gasteiger partial charge in [0.1, 0.15) is 9.96 Å². The summed E-state index contributed by atoms with van der Waals surface area (Å²) in [7, 11) is -2.13. The predicted octanol–water partition coefficient (Wildman–Crippen LogP) is 2.67. The van der Waals surface area contributed by atoms with Crippen LogP contribution in [0.2, 0.25) is 5.02 Å². The van der Waals surface area contributed by atoms with Crippen LogP contribution >= 0.6 is 22.9 Å². The lowest BCUT2D eigenvalue weighted by Crippen LogP contribution is -2.11. The van der Waals surface area contributed by atoms with E-state index in [2.05, 4.69) is 4.72 Å². The van der Waals surface area contributed by atoms with Crippen LogP contribution < -0.4 is 15.2 Å². The van der Waals surface area contributed by atoms with Crippen LogP contribution in [0.5, 0.6) is 5.75 Å². The average Bonchev–Trinajstić information content (AvgIpc) is 2.88. The van der Waals surface area contributed by atoms with Gasteiger partial charge >= 0.3 is 0 Å². The van der Waals surface area contributed by atoms with Gasteiger partial charge in [0.25, 0.3) is 10.0 Å². The number of nitrogens with two attached hydrogens (primary N) is 1. The molecule has 0 unspecified atom stereocenters. The number of thiophene rings is 1. The smallest absolute Gasteiger partial charge is 0.271 e. The van der Waals surface area contributed by atoms with Crippen molar-refractivity contribution in [3.05, 3.63) is 40.2 Å². The van der Waals surface area contributed by atoms with Crippen molar-refractivity contribution in [3.8, 4) is 5.75 Å². The van der Waals surface area contributed by atoms with Gasteiger partial charge in [0, 0.05) is 11.4 Å². The summed E-state index contributed by atoms with van der Waals surface area (Å²) in [5.41, 5.74) is 5.85. The van der Waals surface area contributed by atoms with Gasteiger partial charge in [0.05, 0.1) is 17.8 Å². The molecule has 0 spiro atoms. The second-order valence-corrected chi connectivity index (χ2v) is 7.36. The van der Waals surface area contributed by atoms with Crippen molar-refractivity contribution in [3.63, 3.8) is 0 Å². The summed E-state index contributed by atoms with van der Waals surface area (Å²) >= 11 is 7.09. The van der Waals surface area contributed by atoms with Gasteiger partial charge in [0.15, 0.2) is 0 Å². The third kappa shape index (κ3) is 3.24. The lowest BCUT2D eigenvalue weighted by atomic mass is 10.3. The quantitative estimate of drug-likeness (QED) is 0.882. The zero-order valence-corrected chi connectivity index (χ0v) is 13.0. The molecule has 0 bridgehead atoms. The fourth-order valence-electron chi connectivity index (χ4n) is 1.55. The Bertz CT molecular complexity index is 713. The first-order chi connectivity index (χ1) is 9.46. The molecule has 20 heavy (non-hydrogen) atoms. The zero-order valence-electron chi connectivity index (χ0n) is 10.6. The zero-order chi connectivity index (χ0) is 14.8. The number of rotatable bonds is 5. The van der Waals surface area contributed by atoms with E-state index in [-0.39, 0.29) is 4.21 Å². The van der Waals surface area contributed by atoms with Crippen LogP contribution in [0.4, 0.5) is 5.69 Å². The molecule has 2 rings (SSSR count). The number of sulfonamides is 1. The standard InChI is InChI=1S/C12H13ClN2O3S2/c1-18-11-4-2-8(6-10(11)13)15-20(16,17)12-5-3-9(7-14)19-12/h2-6,15H,7,14H2,1H3. The van der Waals surface area contributed by atoms with Crippen LogP contribution in [0.3, 0.4) is 0 Å². The van der Waals surface area contributed by atoms with Crippen molar-refractivity contribution in [1.29, 1.82) is 0 Å². The molecule has 0 aliphatic carbocycles. The molecule has 2 aromatic rings. The van der Waals surface area contributed by atoms with Crippen molar-refractivity contribution in [2.75, 3.05) is 11.8 Å². The molecule has 5 nitrogen and oxygen atoms in total. The predicted molar refractivity (Wildman–Crippen MR) is 81.0 cm³/mol. The molecule has 0 saturated carbocycles. The van der Waals surface area contributed by atoms with E-state index in [0.717, 1.165) is 16.2 Å². The Morgan fingerprint density at radius 3 is 2.65 bits per heavy atom. The lowest BCUT2D eigenvalue weighted by Gasteiger charge is -2.08. The normalized spacial score (nSPS) is 11.3. The summed E-state index contributed by atoms with van der Waals surface area (Å²) in [5.74, 6) is 0.483. The highest BCUT2D eigenvalue weighted by molar-refractivity contribution is 7.94. The molecular weight excluding hydrogens is 320 g/mol. The van der Waals surface area contributed by atoms with E-state index in [1.165, 1.54) is 19.2 Å². The summed E-state index contributed by atoms with van der Waals surface area (Å²) in [6.07, 6.45) is 0. The van der Waals surface area contributed by atoms with Gasteiger partial charge in [-0.25, -0.2) is 8.42 Å². The second-order valence-electron chi connectivity index (χ2n) is 3.88. The van der Waals surface area contributed by atoms with E-state index in [1.54, 1.807) is 18.2 Å². The molecule has 0 aliphatic heterocycles. The molecule has 0 radical (unpaired) electrons. The number of ether oxygens (including phenoxy) is 1. The first-order valence-electron chi connectivity index (χ1n) is 5.61.